The van der Waals surface area contributed by atoms with Crippen LogP contribution in [0.4, 0.5) is 0 Å². The highest BCUT2D eigenvalue weighted by molar-refractivity contribution is 7.89. The van der Waals surface area contributed by atoms with Crippen molar-refractivity contribution in [2.45, 2.75) is 37.3 Å². The van der Waals surface area contributed by atoms with E-state index in [-0.39, 0.29) is 17.3 Å². The van der Waals surface area contributed by atoms with E-state index in [0.717, 1.165) is 5.56 Å². The lowest BCUT2D eigenvalue weighted by Gasteiger charge is -2.29. The highest BCUT2D eigenvalue weighted by atomic mass is 32.2. The van der Waals surface area contributed by atoms with Gasteiger partial charge in [-0.25, -0.2) is 8.42 Å². The lowest BCUT2D eigenvalue weighted by atomic mass is 10.1. The van der Waals surface area contributed by atoms with Crippen LogP contribution < -0.4 is 5.32 Å². The summed E-state index contributed by atoms with van der Waals surface area (Å²) in [5.41, 5.74) is 0.836. The number of hydrogen-bond donors (Lipinski definition) is 2. The van der Waals surface area contributed by atoms with Gasteiger partial charge in [0, 0.05) is 26.6 Å². The number of aliphatic hydroxyl groups excluding tert-OH is 1. The maximum absolute atomic E-state index is 12.5. The number of carbonyl (C=O) groups is 1. The van der Waals surface area contributed by atoms with Crippen LogP contribution in [0, 0.1) is 0 Å². The molecule has 0 aliphatic carbocycles. The van der Waals surface area contributed by atoms with Gasteiger partial charge >= 0.3 is 0 Å². The second-order valence-corrected chi connectivity index (χ2v) is 7.15. The Kier molecular flexibility index (Phi) is 4.97. The van der Waals surface area contributed by atoms with Crippen LogP contribution in [0.5, 0.6) is 0 Å². The molecule has 0 radical (unpaired) electrons. The van der Waals surface area contributed by atoms with Crippen molar-refractivity contribution in [2.24, 2.45) is 0 Å². The lowest BCUT2D eigenvalue weighted by molar-refractivity contribution is -0.119. The van der Waals surface area contributed by atoms with Crippen LogP contribution in [0.25, 0.3) is 0 Å². The number of sulfonamides is 1. The Labute approximate surface area is 124 Å². The minimum Gasteiger partial charge on any atom is -0.392 e. The summed E-state index contributed by atoms with van der Waals surface area (Å²) >= 11 is 0. The Morgan fingerprint density at radius 1 is 1.38 bits per heavy atom. The third-order valence-electron chi connectivity index (χ3n) is 3.46. The van der Waals surface area contributed by atoms with Crippen LogP contribution in [-0.2, 0) is 21.4 Å². The van der Waals surface area contributed by atoms with Gasteiger partial charge in [-0.1, -0.05) is 12.1 Å². The Morgan fingerprint density at radius 3 is 2.62 bits per heavy atom. The van der Waals surface area contributed by atoms with E-state index in [9.17, 15) is 18.3 Å². The lowest BCUT2D eigenvalue weighted by Crippen LogP contribution is -2.42. The molecule has 0 spiro atoms. The van der Waals surface area contributed by atoms with Gasteiger partial charge in [0.1, 0.15) is 0 Å². The average Bonchev–Trinajstić information content (AvgIpc) is 2.45. The van der Waals surface area contributed by atoms with Gasteiger partial charge in [0.15, 0.2) is 0 Å². The summed E-state index contributed by atoms with van der Waals surface area (Å²) in [4.78, 5) is 11.1. The van der Waals surface area contributed by atoms with Crippen LogP contribution >= 0.6 is 0 Å². The fraction of sp³-hybridized carbons (Fsp3) is 0.500. The first-order chi connectivity index (χ1) is 9.89. The fourth-order valence-corrected chi connectivity index (χ4v) is 3.81. The minimum atomic E-state index is -3.56. The van der Waals surface area contributed by atoms with Gasteiger partial charge in [0.05, 0.1) is 11.0 Å². The number of aliphatic hydroxyl groups is 1. The van der Waals surface area contributed by atoms with E-state index >= 15 is 0 Å². The van der Waals surface area contributed by atoms with E-state index < -0.39 is 16.1 Å². The Balaban J connectivity index is 2.11. The second kappa shape index (κ2) is 6.55. The monoisotopic (exact) mass is 312 g/mol. The number of hydrogen-bond acceptors (Lipinski definition) is 4. The third kappa shape index (κ3) is 4.03. The van der Waals surface area contributed by atoms with Crippen LogP contribution in [0.3, 0.4) is 0 Å². The molecule has 1 amide bonds. The van der Waals surface area contributed by atoms with E-state index in [4.69, 9.17) is 0 Å². The first-order valence-electron chi connectivity index (χ1n) is 6.91. The van der Waals surface area contributed by atoms with Crippen LogP contribution in [-0.4, -0.2) is 42.9 Å². The molecule has 7 heteroatoms. The number of nitrogens with one attached hydrogen (secondary N) is 1. The highest BCUT2D eigenvalue weighted by Crippen LogP contribution is 2.21. The van der Waals surface area contributed by atoms with E-state index in [0.29, 0.717) is 25.9 Å². The fourth-order valence-electron chi connectivity index (χ4n) is 2.29. The van der Waals surface area contributed by atoms with Crippen molar-refractivity contribution in [1.82, 2.24) is 9.62 Å². The number of carbonyl (C=O) groups excluding carboxylic acids is 1. The first kappa shape index (κ1) is 15.9. The predicted molar refractivity (Wildman–Crippen MR) is 78.0 cm³/mol. The Hall–Kier alpha value is -1.44. The first-order valence-corrected chi connectivity index (χ1v) is 8.35. The number of amides is 1. The normalized spacial score (nSPS) is 20.2. The zero-order chi connectivity index (χ0) is 15.5. The molecule has 21 heavy (non-hydrogen) atoms. The number of benzene rings is 1. The average molecular weight is 312 g/mol. The van der Waals surface area contributed by atoms with E-state index in [1.807, 2.05) is 0 Å². The molecule has 1 heterocycles. The SMILES string of the molecule is CC(=O)NCc1ccc(S(=O)(=O)N2CCC[C@H](O)C2)cc1. The summed E-state index contributed by atoms with van der Waals surface area (Å²) in [6, 6.07) is 6.44. The standard InChI is InChI=1S/C14H20N2O4S/c1-11(17)15-9-12-4-6-14(7-5-12)21(19,20)16-8-2-3-13(18)10-16/h4-7,13,18H,2-3,8-10H2,1H3,(H,15,17)/t13-/m0/s1. The van der Waals surface area contributed by atoms with Gasteiger partial charge < -0.3 is 10.4 Å². The van der Waals surface area contributed by atoms with Crippen molar-refractivity contribution in [2.75, 3.05) is 13.1 Å². The molecule has 0 aromatic heterocycles. The molecular formula is C14H20N2O4S. The van der Waals surface area contributed by atoms with Gasteiger partial charge in [-0.2, -0.15) is 4.31 Å². The van der Waals surface area contributed by atoms with Crippen molar-refractivity contribution < 1.29 is 18.3 Å². The maximum atomic E-state index is 12.5. The minimum absolute atomic E-state index is 0.131. The summed E-state index contributed by atoms with van der Waals surface area (Å²) in [7, 11) is -3.56. The smallest absolute Gasteiger partial charge is 0.243 e. The van der Waals surface area contributed by atoms with E-state index in [2.05, 4.69) is 5.32 Å². The molecule has 1 aliphatic rings. The summed E-state index contributed by atoms with van der Waals surface area (Å²) in [6.45, 7) is 2.39. The molecule has 1 fully saturated rings. The van der Waals surface area contributed by atoms with Gasteiger partial charge in [0.25, 0.3) is 0 Å². The highest BCUT2D eigenvalue weighted by Gasteiger charge is 2.29. The molecule has 0 bridgehead atoms. The van der Waals surface area contributed by atoms with Crippen molar-refractivity contribution in [3.8, 4) is 0 Å². The molecule has 1 saturated heterocycles. The summed E-state index contributed by atoms with van der Waals surface area (Å²) in [6.07, 6.45) is 0.718. The van der Waals surface area contributed by atoms with Crippen molar-refractivity contribution in [3.63, 3.8) is 0 Å². The maximum Gasteiger partial charge on any atom is 0.243 e. The molecule has 1 atom stereocenters. The van der Waals surface area contributed by atoms with Crippen LogP contribution in [0.2, 0.25) is 0 Å². The van der Waals surface area contributed by atoms with Crippen molar-refractivity contribution in [1.29, 1.82) is 0 Å². The Morgan fingerprint density at radius 2 is 2.05 bits per heavy atom. The number of nitrogens with zero attached hydrogens (tertiary/aromatic N) is 1. The molecular weight excluding hydrogens is 292 g/mol. The predicted octanol–water partition coefficient (Wildman–Crippen LogP) is 0.468. The van der Waals surface area contributed by atoms with Gasteiger partial charge in [-0.05, 0) is 30.5 Å². The van der Waals surface area contributed by atoms with Crippen molar-refractivity contribution in [3.05, 3.63) is 29.8 Å². The second-order valence-electron chi connectivity index (χ2n) is 5.21. The number of piperidine rings is 1. The van der Waals surface area contributed by atoms with Crippen LogP contribution in [0.15, 0.2) is 29.2 Å². The molecule has 6 nitrogen and oxygen atoms in total. The molecule has 116 valence electrons. The Bertz CT molecular complexity index is 598. The molecule has 1 aromatic carbocycles. The summed E-state index contributed by atoms with van der Waals surface area (Å²) < 4.78 is 26.2. The third-order valence-corrected chi connectivity index (χ3v) is 5.34. The molecule has 2 N–H and O–H groups in total. The topological polar surface area (TPSA) is 86.7 Å². The zero-order valence-electron chi connectivity index (χ0n) is 11.9. The molecule has 0 unspecified atom stereocenters. The quantitative estimate of drug-likeness (QED) is 0.846. The van der Waals surface area contributed by atoms with E-state index in [1.54, 1.807) is 12.1 Å². The molecule has 1 aliphatic heterocycles. The van der Waals surface area contributed by atoms with Gasteiger partial charge in [0.2, 0.25) is 15.9 Å². The van der Waals surface area contributed by atoms with Crippen LogP contribution in [0.1, 0.15) is 25.3 Å². The molecule has 0 saturated carbocycles. The number of rotatable bonds is 4. The molecule has 2 rings (SSSR count). The number of β-amino-alcohol motifs (C(OH)–C–C–N with tert-alkyl or cyclic N) is 1. The van der Waals surface area contributed by atoms with E-state index in [1.165, 1.54) is 23.4 Å². The zero-order valence-corrected chi connectivity index (χ0v) is 12.8. The van der Waals surface area contributed by atoms with Gasteiger partial charge in [-0.3, -0.25) is 4.79 Å². The summed E-state index contributed by atoms with van der Waals surface area (Å²) in [5, 5.41) is 12.3. The van der Waals surface area contributed by atoms with Crippen molar-refractivity contribution >= 4 is 15.9 Å². The molecule has 1 aromatic rings. The largest absolute Gasteiger partial charge is 0.392 e. The van der Waals surface area contributed by atoms with Gasteiger partial charge in [-0.15, -0.1) is 0 Å². The summed E-state index contributed by atoms with van der Waals surface area (Å²) in [5.74, 6) is -0.131.